The van der Waals surface area contributed by atoms with Gasteiger partial charge in [-0.2, -0.15) is 0 Å². The highest BCUT2D eigenvalue weighted by molar-refractivity contribution is 6.18. The maximum Gasteiger partial charge on any atom is 0.139 e. The molecule has 4 nitrogen and oxygen atoms in total. The summed E-state index contributed by atoms with van der Waals surface area (Å²) < 4.78 is 0. The Balaban J connectivity index is 1.82. The van der Waals surface area contributed by atoms with Gasteiger partial charge in [0.2, 0.25) is 0 Å². The second kappa shape index (κ2) is 5.72. The average Bonchev–Trinajstić information content (AvgIpc) is 2.48. The lowest BCUT2D eigenvalue weighted by atomic mass is 10.2. The van der Waals surface area contributed by atoms with E-state index in [1.165, 1.54) is 0 Å². The van der Waals surface area contributed by atoms with Crippen LogP contribution in [0, 0.1) is 0 Å². The SMILES string of the molecule is ClCCN1CCN(c2ncnc3ccccc23)CC1. The molecule has 1 aliphatic heterocycles. The minimum absolute atomic E-state index is 0.705. The van der Waals surface area contributed by atoms with E-state index in [1.54, 1.807) is 6.33 Å². The van der Waals surface area contributed by atoms with Gasteiger partial charge >= 0.3 is 0 Å². The molecule has 1 aromatic carbocycles. The van der Waals surface area contributed by atoms with Crippen molar-refractivity contribution >= 4 is 28.3 Å². The van der Waals surface area contributed by atoms with E-state index in [0.29, 0.717) is 5.88 Å². The van der Waals surface area contributed by atoms with Crippen molar-refractivity contribution in [2.45, 2.75) is 0 Å². The molecule has 0 bridgehead atoms. The molecule has 2 aromatic rings. The number of aromatic nitrogens is 2. The van der Waals surface area contributed by atoms with Gasteiger partial charge in [-0.3, -0.25) is 4.90 Å². The van der Waals surface area contributed by atoms with E-state index in [9.17, 15) is 0 Å². The largest absolute Gasteiger partial charge is 0.353 e. The Kier molecular flexibility index (Phi) is 3.80. The van der Waals surface area contributed by atoms with E-state index in [2.05, 4.69) is 25.8 Å². The van der Waals surface area contributed by atoms with Crippen LogP contribution in [0.5, 0.6) is 0 Å². The number of fused-ring (bicyclic) bond motifs is 1. The number of anilines is 1. The third-order valence-corrected chi connectivity index (χ3v) is 3.76. The first-order valence-electron chi connectivity index (χ1n) is 6.61. The Hall–Kier alpha value is -1.39. The lowest BCUT2D eigenvalue weighted by Gasteiger charge is -2.35. The van der Waals surface area contributed by atoms with Gasteiger partial charge in [-0.15, -0.1) is 11.6 Å². The Bertz CT molecular complexity index is 547. The Morgan fingerprint density at radius 1 is 1.05 bits per heavy atom. The quantitative estimate of drug-likeness (QED) is 0.803. The van der Waals surface area contributed by atoms with Crippen molar-refractivity contribution in [3.05, 3.63) is 30.6 Å². The summed E-state index contributed by atoms with van der Waals surface area (Å²) in [4.78, 5) is 13.5. The van der Waals surface area contributed by atoms with E-state index >= 15 is 0 Å². The summed E-state index contributed by atoms with van der Waals surface area (Å²) in [5.74, 6) is 1.76. The lowest BCUT2D eigenvalue weighted by molar-refractivity contribution is 0.272. The van der Waals surface area contributed by atoms with Crippen LogP contribution in [0.25, 0.3) is 10.9 Å². The third-order valence-electron chi connectivity index (χ3n) is 3.59. The number of piperazine rings is 1. The van der Waals surface area contributed by atoms with E-state index in [0.717, 1.165) is 49.4 Å². The number of rotatable bonds is 3. The summed E-state index contributed by atoms with van der Waals surface area (Å²) >= 11 is 5.79. The summed E-state index contributed by atoms with van der Waals surface area (Å²) in [6.45, 7) is 5.06. The number of hydrogen-bond acceptors (Lipinski definition) is 4. The van der Waals surface area contributed by atoms with Gasteiger partial charge in [-0.25, -0.2) is 9.97 Å². The van der Waals surface area contributed by atoms with E-state index in [-0.39, 0.29) is 0 Å². The molecule has 0 atom stereocenters. The van der Waals surface area contributed by atoms with Crippen molar-refractivity contribution in [3.8, 4) is 0 Å². The van der Waals surface area contributed by atoms with Crippen molar-refractivity contribution in [1.29, 1.82) is 0 Å². The van der Waals surface area contributed by atoms with Crippen molar-refractivity contribution < 1.29 is 0 Å². The fraction of sp³-hybridized carbons (Fsp3) is 0.429. The summed E-state index contributed by atoms with van der Waals surface area (Å²) in [6, 6.07) is 8.18. The maximum absolute atomic E-state index is 5.79. The van der Waals surface area contributed by atoms with Crippen LogP contribution in [0.15, 0.2) is 30.6 Å². The minimum atomic E-state index is 0.705. The molecule has 1 fully saturated rings. The molecule has 100 valence electrons. The molecule has 19 heavy (non-hydrogen) atoms. The topological polar surface area (TPSA) is 32.3 Å². The fourth-order valence-corrected chi connectivity index (χ4v) is 2.78. The van der Waals surface area contributed by atoms with E-state index in [1.807, 2.05) is 18.2 Å². The molecule has 2 heterocycles. The summed E-state index contributed by atoms with van der Waals surface area (Å²) in [5.41, 5.74) is 1.01. The van der Waals surface area contributed by atoms with Crippen LogP contribution in [-0.4, -0.2) is 53.5 Å². The molecule has 0 N–H and O–H groups in total. The van der Waals surface area contributed by atoms with Crippen LogP contribution in [0.4, 0.5) is 5.82 Å². The van der Waals surface area contributed by atoms with Crippen LogP contribution < -0.4 is 4.90 Å². The van der Waals surface area contributed by atoms with Gasteiger partial charge in [0.05, 0.1) is 5.52 Å². The highest BCUT2D eigenvalue weighted by Crippen LogP contribution is 2.23. The first-order chi connectivity index (χ1) is 9.38. The summed E-state index contributed by atoms with van der Waals surface area (Å²) in [5, 5.41) is 1.13. The number of alkyl halides is 1. The van der Waals surface area contributed by atoms with Crippen LogP contribution >= 0.6 is 11.6 Å². The fourth-order valence-electron chi connectivity index (χ4n) is 2.55. The van der Waals surface area contributed by atoms with Crippen LogP contribution in [-0.2, 0) is 0 Å². The standard InChI is InChI=1S/C14H17ClN4/c15-5-6-18-7-9-19(10-8-18)14-12-3-1-2-4-13(12)16-11-17-14/h1-4,11H,5-10H2. The summed E-state index contributed by atoms with van der Waals surface area (Å²) in [7, 11) is 0. The van der Waals surface area contributed by atoms with Gasteiger partial charge in [0.15, 0.2) is 0 Å². The zero-order valence-corrected chi connectivity index (χ0v) is 11.6. The Morgan fingerprint density at radius 2 is 1.84 bits per heavy atom. The zero-order chi connectivity index (χ0) is 13.1. The number of benzene rings is 1. The van der Waals surface area contributed by atoms with Crippen LogP contribution in [0.2, 0.25) is 0 Å². The molecule has 0 aliphatic carbocycles. The molecule has 1 aliphatic rings. The van der Waals surface area contributed by atoms with Gasteiger partial charge in [0.1, 0.15) is 12.1 Å². The summed E-state index contributed by atoms with van der Waals surface area (Å²) in [6.07, 6.45) is 1.66. The number of halogens is 1. The smallest absolute Gasteiger partial charge is 0.139 e. The van der Waals surface area contributed by atoms with Crippen molar-refractivity contribution in [2.24, 2.45) is 0 Å². The molecule has 0 spiro atoms. The van der Waals surface area contributed by atoms with E-state index in [4.69, 9.17) is 11.6 Å². The minimum Gasteiger partial charge on any atom is -0.353 e. The predicted molar refractivity (Wildman–Crippen MR) is 78.9 cm³/mol. The van der Waals surface area contributed by atoms with Gasteiger partial charge in [0.25, 0.3) is 0 Å². The molecular formula is C14H17ClN4. The maximum atomic E-state index is 5.79. The molecule has 3 rings (SSSR count). The van der Waals surface area contributed by atoms with Crippen LogP contribution in [0.1, 0.15) is 0 Å². The first-order valence-corrected chi connectivity index (χ1v) is 7.15. The molecule has 5 heteroatoms. The van der Waals surface area contributed by atoms with Crippen molar-refractivity contribution in [1.82, 2.24) is 14.9 Å². The molecule has 0 amide bonds. The third kappa shape index (κ3) is 2.65. The number of nitrogens with zero attached hydrogens (tertiary/aromatic N) is 4. The van der Waals surface area contributed by atoms with Gasteiger partial charge in [0, 0.05) is 44.0 Å². The van der Waals surface area contributed by atoms with Gasteiger partial charge < -0.3 is 4.90 Å². The molecule has 1 saturated heterocycles. The van der Waals surface area contributed by atoms with Gasteiger partial charge in [-0.1, -0.05) is 12.1 Å². The number of hydrogen-bond donors (Lipinski definition) is 0. The van der Waals surface area contributed by atoms with Crippen molar-refractivity contribution in [3.63, 3.8) is 0 Å². The molecular weight excluding hydrogens is 260 g/mol. The Morgan fingerprint density at radius 3 is 2.63 bits per heavy atom. The predicted octanol–water partition coefficient (Wildman–Crippen LogP) is 1.99. The highest BCUT2D eigenvalue weighted by Gasteiger charge is 2.19. The molecule has 0 saturated carbocycles. The monoisotopic (exact) mass is 276 g/mol. The number of para-hydroxylation sites is 1. The second-order valence-electron chi connectivity index (χ2n) is 4.73. The molecule has 1 aromatic heterocycles. The normalized spacial score (nSPS) is 17.0. The highest BCUT2D eigenvalue weighted by atomic mass is 35.5. The second-order valence-corrected chi connectivity index (χ2v) is 5.11. The first kappa shape index (κ1) is 12.6. The zero-order valence-electron chi connectivity index (χ0n) is 10.8. The van der Waals surface area contributed by atoms with Crippen molar-refractivity contribution in [2.75, 3.05) is 43.5 Å². The molecule has 0 unspecified atom stereocenters. The lowest BCUT2D eigenvalue weighted by Crippen LogP contribution is -2.47. The van der Waals surface area contributed by atoms with E-state index < -0.39 is 0 Å². The Labute approximate surface area is 118 Å². The van der Waals surface area contributed by atoms with Crippen LogP contribution in [0.3, 0.4) is 0 Å². The van der Waals surface area contributed by atoms with Gasteiger partial charge in [-0.05, 0) is 12.1 Å². The average molecular weight is 277 g/mol. The molecule has 0 radical (unpaired) electrons.